The van der Waals surface area contributed by atoms with Crippen molar-refractivity contribution >= 4 is 53.9 Å². The number of epoxide rings is 1. The van der Waals surface area contributed by atoms with Crippen molar-refractivity contribution in [1.29, 1.82) is 0 Å². The predicted molar refractivity (Wildman–Crippen MR) is 106 cm³/mol. The average Bonchev–Trinajstić information content (AvgIpc) is 3.35. The highest BCUT2D eigenvalue weighted by molar-refractivity contribution is 6.02. The number of hydrogen-bond acceptors (Lipinski definition) is 13. The maximum Gasteiger partial charge on any atom is 0.531 e. The maximum atomic E-state index is 10.6. The molecule has 3 N–H and O–H groups in total. The maximum absolute atomic E-state index is 10.6. The fraction of sp³-hybridized carbons (Fsp3) is 0.500. The lowest BCUT2D eigenvalue weighted by atomic mass is 10.4. The zero-order valence-electron chi connectivity index (χ0n) is 19.0. The summed E-state index contributed by atoms with van der Waals surface area (Å²) in [4.78, 5) is 105. The number of nitrogens with zero attached hydrogens (tertiary/aromatic N) is 3. The molecule has 19 heteroatoms. The topological polar surface area (TPSA) is 264 Å². The number of hydroxylamine groups is 6. The SMILES string of the molecule is CC1CO1.O=C(O)ON1C(=O)CCC1=O.O=C(O)ON1C(=O)CCC1=O.O=C(O)ON1C(=O)CCC1=O. The number of amides is 6. The van der Waals surface area contributed by atoms with Crippen LogP contribution in [0.2, 0.25) is 0 Å². The summed E-state index contributed by atoms with van der Waals surface area (Å²) in [5, 5.41) is 24.9. The minimum absolute atomic E-state index is 0.0200. The third-order valence-electron chi connectivity index (χ3n) is 4.03. The van der Waals surface area contributed by atoms with Gasteiger partial charge in [0.15, 0.2) is 0 Å². The number of rotatable bonds is 3. The molecule has 0 aromatic carbocycles. The van der Waals surface area contributed by atoms with Crippen molar-refractivity contribution < 1.29 is 77.7 Å². The second kappa shape index (κ2) is 13.9. The fourth-order valence-electron chi connectivity index (χ4n) is 2.30. The van der Waals surface area contributed by atoms with Crippen LogP contribution in [0, 0.1) is 0 Å². The van der Waals surface area contributed by atoms with Crippen LogP contribution in [0.25, 0.3) is 0 Å². The van der Waals surface area contributed by atoms with Gasteiger partial charge >= 0.3 is 18.5 Å². The summed E-state index contributed by atoms with van der Waals surface area (Å²) in [6.07, 6.45) is -4.27. The van der Waals surface area contributed by atoms with Crippen LogP contribution < -0.4 is 0 Å². The third-order valence-corrected chi connectivity index (χ3v) is 4.03. The minimum Gasteiger partial charge on any atom is -0.448 e. The second-order valence-corrected chi connectivity index (χ2v) is 6.96. The molecular weight excluding hydrogens is 514 g/mol. The summed E-state index contributed by atoms with van der Waals surface area (Å²) in [6, 6.07) is 0. The Labute approximate surface area is 205 Å². The fourth-order valence-corrected chi connectivity index (χ4v) is 2.30. The molecule has 204 valence electrons. The first-order chi connectivity index (χ1) is 17.2. The van der Waals surface area contributed by atoms with Crippen molar-refractivity contribution in [2.45, 2.75) is 51.6 Å². The van der Waals surface area contributed by atoms with Crippen molar-refractivity contribution in [2.24, 2.45) is 0 Å². The third kappa shape index (κ3) is 11.0. The Balaban J connectivity index is 0.000000257. The Hall–Kier alpha value is -4.81. The molecule has 37 heavy (non-hydrogen) atoms. The highest BCUT2D eigenvalue weighted by Gasteiger charge is 2.34. The largest absolute Gasteiger partial charge is 0.531 e. The average molecular weight is 535 g/mol. The van der Waals surface area contributed by atoms with E-state index in [9.17, 15) is 43.2 Å². The Morgan fingerprint density at radius 3 is 0.865 bits per heavy atom. The molecule has 0 aromatic rings. The van der Waals surface area contributed by atoms with E-state index in [2.05, 4.69) is 21.4 Å². The molecule has 0 saturated carbocycles. The number of carbonyl (C=O) groups excluding carboxylic acids is 6. The molecular formula is C18H21N3O16. The van der Waals surface area contributed by atoms with Crippen molar-refractivity contribution in [1.82, 2.24) is 15.2 Å². The molecule has 4 aliphatic heterocycles. The van der Waals surface area contributed by atoms with Gasteiger partial charge in [0.2, 0.25) is 0 Å². The van der Waals surface area contributed by atoms with E-state index >= 15 is 0 Å². The summed E-state index contributed by atoms with van der Waals surface area (Å²) >= 11 is 0. The number of hydrogen-bond donors (Lipinski definition) is 3. The van der Waals surface area contributed by atoms with Gasteiger partial charge in [0.25, 0.3) is 35.4 Å². The van der Waals surface area contributed by atoms with Crippen LogP contribution in [-0.2, 0) is 48.0 Å². The van der Waals surface area contributed by atoms with Gasteiger partial charge < -0.3 is 20.1 Å². The van der Waals surface area contributed by atoms with E-state index in [4.69, 9.17) is 20.1 Å². The van der Waals surface area contributed by atoms with Crippen LogP contribution in [0.15, 0.2) is 0 Å². The van der Waals surface area contributed by atoms with Gasteiger partial charge in [-0.2, -0.15) is 0 Å². The Bertz CT molecular complexity index is 812. The number of imide groups is 3. The number of carboxylic acid groups (broad SMARTS) is 3. The monoisotopic (exact) mass is 535 g/mol. The van der Waals surface area contributed by atoms with Gasteiger partial charge in [-0.25, -0.2) is 14.4 Å². The zero-order valence-corrected chi connectivity index (χ0v) is 19.0. The molecule has 1 unspecified atom stereocenters. The van der Waals surface area contributed by atoms with Crippen molar-refractivity contribution in [3.05, 3.63) is 0 Å². The molecule has 4 rings (SSSR count). The van der Waals surface area contributed by atoms with E-state index in [1.54, 1.807) is 0 Å². The lowest BCUT2D eigenvalue weighted by Gasteiger charge is -2.08. The van der Waals surface area contributed by atoms with Gasteiger partial charge in [0.05, 0.1) is 12.7 Å². The molecule has 1 atom stereocenters. The zero-order chi connectivity index (χ0) is 28.3. The summed E-state index contributed by atoms with van der Waals surface area (Å²) in [5.74, 6) is -3.68. The molecule has 0 bridgehead atoms. The van der Waals surface area contributed by atoms with Gasteiger partial charge in [0.1, 0.15) is 0 Å². The lowest BCUT2D eigenvalue weighted by Crippen LogP contribution is -2.31. The van der Waals surface area contributed by atoms with Gasteiger partial charge in [-0.15, -0.1) is 0 Å². The standard InChI is InChI=1S/3C5H5NO5.C3H6O/c3*7-3-1-2-4(8)6(3)11-5(9)10;1-3-2-4-3/h3*1-2H2,(H,9,10);3H,2H2,1H3. The Kier molecular flexibility index (Phi) is 11.4. The smallest absolute Gasteiger partial charge is 0.448 e. The normalized spacial score (nSPS) is 19.7. The Morgan fingerprint density at radius 1 is 0.595 bits per heavy atom. The van der Waals surface area contributed by atoms with Gasteiger partial charge in [-0.05, 0) is 6.92 Å². The van der Waals surface area contributed by atoms with E-state index in [0.29, 0.717) is 6.10 Å². The highest BCUT2D eigenvalue weighted by atomic mass is 16.8. The van der Waals surface area contributed by atoms with Gasteiger partial charge in [0, 0.05) is 38.5 Å². The van der Waals surface area contributed by atoms with Gasteiger partial charge in [-0.3, -0.25) is 43.3 Å². The molecule has 0 aliphatic carbocycles. The van der Waals surface area contributed by atoms with Crippen LogP contribution in [0.4, 0.5) is 14.4 Å². The number of ether oxygens (including phenoxy) is 1. The molecule has 0 spiro atoms. The molecule has 4 fully saturated rings. The molecule has 19 nitrogen and oxygen atoms in total. The van der Waals surface area contributed by atoms with Crippen molar-refractivity contribution in [2.75, 3.05) is 6.61 Å². The predicted octanol–water partition coefficient (Wildman–Crippen LogP) is -0.360. The molecule has 6 amide bonds. The van der Waals surface area contributed by atoms with Crippen LogP contribution in [0.1, 0.15) is 45.4 Å². The lowest BCUT2D eigenvalue weighted by molar-refractivity contribution is -0.176. The van der Waals surface area contributed by atoms with Crippen LogP contribution in [0.5, 0.6) is 0 Å². The first kappa shape index (κ1) is 30.2. The molecule has 4 heterocycles. The molecule has 4 saturated heterocycles. The minimum atomic E-state index is -1.66. The molecule has 4 aliphatic rings. The summed E-state index contributed by atoms with van der Waals surface area (Å²) in [6.45, 7) is 3.04. The van der Waals surface area contributed by atoms with E-state index < -0.39 is 53.9 Å². The molecule has 0 radical (unpaired) electrons. The summed E-state index contributed by atoms with van der Waals surface area (Å²) in [5.41, 5.74) is 0. The number of carbonyl (C=O) groups is 9. The van der Waals surface area contributed by atoms with E-state index in [-0.39, 0.29) is 53.7 Å². The second-order valence-electron chi connectivity index (χ2n) is 6.96. The van der Waals surface area contributed by atoms with E-state index in [0.717, 1.165) is 6.61 Å². The van der Waals surface area contributed by atoms with Crippen molar-refractivity contribution in [3.8, 4) is 0 Å². The van der Waals surface area contributed by atoms with Crippen molar-refractivity contribution in [3.63, 3.8) is 0 Å². The first-order valence-electron chi connectivity index (χ1n) is 10.1. The van der Waals surface area contributed by atoms with Crippen LogP contribution in [-0.4, -0.2) is 97.1 Å². The summed E-state index contributed by atoms with van der Waals surface area (Å²) in [7, 11) is 0. The summed E-state index contributed by atoms with van der Waals surface area (Å²) < 4.78 is 4.71. The van der Waals surface area contributed by atoms with Crippen LogP contribution >= 0.6 is 0 Å². The quantitative estimate of drug-likeness (QED) is 0.307. The van der Waals surface area contributed by atoms with E-state index in [1.165, 1.54) is 0 Å². The Morgan fingerprint density at radius 2 is 0.757 bits per heavy atom. The highest BCUT2D eigenvalue weighted by Crippen LogP contribution is 2.13. The van der Waals surface area contributed by atoms with Gasteiger partial charge in [-0.1, -0.05) is 15.2 Å². The molecule has 0 aromatic heterocycles. The van der Waals surface area contributed by atoms with E-state index in [1.807, 2.05) is 0 Å². The van der Waals surface area contributed by atoms with Crippen LogP contribution in [0.3, 0.4) is 0 Å². The first-order valence-corrected chi connectivity index (χ1v) is 10.1.